The van der Waals surface area contributed by atoms with Gasteiger partial charge in [0.05, 0.1) is 30.6 Å². The van der Waals surface area contributed by atoms with E-state index in [2.05, 4.69) is 16.4 Å². The molecule has 0 spiro atoms. The summed E-state index contributed by atoms with van der Waals surface area (Å²) >= 11 is 6.00. The monoisotopic (exact) mass is 565 g/mol. The maximum Gasteiger partial charge on any atom is 0.270 e. The topological polar surface area (TPSA) is 89.3 Å². The summed E-state index contributed by atoms with van der Waals surface area (Å²) in [6, 6.07) is 9.16. The molecule has 5 rings (SSSR count). The molecule has 10 heteroatoms. The van der Waals surface area contributed by atoms with E-state index in [9.17, 15) is 23.6 Å². The van der Waals surface area contributed by atoms with Crippen LogP contribution >= 0.6 is 11.6 Å². The van der Waals surface area contributed by atoms with Gasteiger partial charge < -0.3 is 10.2 Å². The molecule has 3 heterocycles. The molecule has 40 heavy (non-hydrogen) atoms. The fourth-order valence-corrected chi connectivity index (χ4v) is 5.85. The fourth-order valence-electron chi connectivity index (χ4n) is 5.69. The highest BCUT2D eigenvalue weighted by Crippen LogP contribution is 2.42. The second kappa shape index (κ2) is 11.5. The van der Waals surface area contributed by atoms with Gasteiger partial charge in [-0.05, 0) is 55.0 Å². The third kappa shape index (κ3) is 5.79. The first-order chi connectivity index (χ1) is 19.2. The largest absolute Gasteiger partial charge is 0.343 e. The van der Waals surface area contributed by atoms with E-state index in [1.54, 1.807) is 11.0 Å². The highest BCUT2D eigenvalue weighted by molar-refractivity contribution is 6.31. The van der Waals surface area contributed by atoms with Gasteiger partial charge in [-0.2, -0.15) is 5.26 Å². The van der Waals surface area contributed by atoms with Crippen LogP contribution in [0.15, 0.2) is 59.8 Å². The fraction of sp³-hybridized carbons (Fsp3) is 0.400. The number of hydrogen-bond acceptors (Lipinski definition) is 5. The Kier molecular flexibility index (Phi) is 8.02. The Balaban J connectivity index is 1.31. The third-order valence-electron chi connectivity index (χ3n) is 7.73. The number of carbonyl (C=O) groups is 2. The zero-order valence-electron chi connectivity index (χ0n) is 22.0. The lowest BCUT2D eigenvalue weighted by molar-refractivity contribution is -0.139. The third-order valence-corrected chi connectivity index (χ3v) is 8.01. The van der Waals surface area contributed by atoms with Gasteiger partial charge in [-0.15, -0.1) is 0 Å². The predicted molar refractivity (Wildman–Crippen MR) is 149 cm³/mol. The maximum atomic E-state index is 14.6. The van der Waals surface area contributed by atoms with Gasteiger partial charge in [-0.3, -0.25) is 19.5 Å². The molecule has 2 saturated heterocycles. The predicted octanol–water partition coefficient (Wildman–Crippen LogP) is 5.25. The van der Waals surface area contributed by atoms with E-state index in [4.69, 9.17) is 11.6 Å². The molecule has 208 valence electrons. The lowest BCUT2D eigenvalue weighted by Gasteiger charge is -2.43. The second-order valence-corrected chi connectivity index (χ2v) is 10.9. The van der Waals surface area contributed by atoms with Crippen molar-refractivity contribution in [3.8, 4) is 6.07 Å². The van der Waals surface area contributed by atoms with E-state index in [0.717, 1.165) is 41.2 Å². The second-order valence-electron chi connectivity index (χ2n) is 10.5. The van der Waals surface area contributed by atoms with Crippen LogP contribution in [0.4, 0.5) is 8.78 Å². The van der Waals surface area contributed by atoms with Crippen molar-refractivity contribution < 1.29 is 18.4 Å². The molecule has 2 aliphatic heterocycles. The normalized spacial score (nSPS) is 24.7. The smallest absolute Gasteiger partial charge is 0.270 e. The van der Waals surface area contributed by atoms with E-state index in [0.29, 0.717) is 29.6 Å². The van der Waals surface area contributed by atoms with Gasteiger partial charge >= 0.3 is 0 Å². The number of nitriles is 1. The molecule has 2 fully saturated rings. The zero-order valence-corrected chi connectivity index (χ0v) is 22.7. The molecule has 0 bridgehead atoms. The lowest BCUT2D eigenvalue weighted by Crippen LogP contribution is -2.60. The Morgan fingerprint density at radius 3 is 2.75 bits per heavy atom. The number of allylic oxidation sites excluding steroid dienone is 5. The minimum Gasteiger partial charge on any atom is -0.343 e. The molecule has 7 nitrogen and oxygen atoms in total. The van der Waals surface area contributed by atoms with Gasteiger partial charge in [0.1, 0.15) is 6.07 Å². The number of hydrogen-bond donors (Lipinski definition) is 1. The number of aromatic nitrogens is 1. The standard InChI is InChI=1S/C30H30ClF2N5O2/c31-23-9-6-21(7-10-23)4-5-22-8-11-26-25(16-22)24(12-13-35-26)28(40)36-17-27(39)38-20-29(32,33)18-30(38,19-34)37-14-2-1-3-15-37/h4-6,8-13,16,21H,1-3,7,14-15,17-18,20H2,(H,36,40)/b5-4+. The lowest BCUT2D eigenvalue weighted by atomic mass is 9.98. The van der Waals surface area contributed by atoms with Crippen molar-refractivity contribution in [1.29, 1.82) is 5.26 Å². The maximum absolute atomic E-state index is 14.6. The molecular weight excluding hydrogens is 536 g/mol. The number of nitrogens with one attached hydrogen (secondary N) is 1. The molecular formula is C30H30ClF2N5O2. The van der Waals surface area contributed by atoms with E-state index in [1.165, 1.54) is 6.20 Å². The van der Waals surface area contributed by atoms with Crippen molar-refractivity contribution in [2.24, 2.45) is 5.92 Å². The van der Waals surface area contributed by atoms with Crippen molar-refractivity contribution in [3.63, 3.8) is 0 Å². The summed E-state index contributed by atoms with van der Waals surface area (Å²) in [7, 11) is 0. The summed E-state index contributed by atoms with van der Waals surface area (Å²) in [6.07, 6.45) is 14.0. The number of carbonyl (C=O) groups excluding carboxylic acids is 2. The summed E-state index contributed by atoms with van der Waals surface area (Å²) < 4.78 is 29.2. The van der Waals surface area contributed by atoms with Crippen molar-refractivity contribution in [2.45, 2.75) is 43.7 Å². The number of nitrogens with zero attached hydrogens (tertiary/aromatic N) is 4. The van der Waals surface area contributed by atoms with Crippen LogP contribution in [0.1, 0.15) is 48.0 Å². The Bertz CT molecular complexity index is 1440. The number of pyridine rings is 1. The number of fused-ring (bicyclic) bond motifs is 1. The number of benzene rings is 1. The first kappa shape index (κ1) is 27.9. The highest BCUT2D eigenvalue weighted by Gasteiger charge is 2.60. The van der Waals surface area contributed by atoms with Crippen molar-refractivity contribution in [2.75, 3.05) is 26.2 Å². The van der Waals surface area contributed by atoms with Crippen molar-refractivity contribution in [1.82, 2.24) is 20.1 Å². The zero-order chi connectivity index (χ0) is 28.3. The van der Waals surface area contributed by atoms with Gasteiger partial charge in [0.25, 0.3) is 11.8 Å². The first-order valence-electron chi connectivity index (χ1n) is 13.4. The molecule has 1 aliphatic carbocycles. The molecule has 2 atom stereocenters. The summed E-state index contributed by atoms with van der Waals surface area (Å²) in [4.78, 5) is 33.4. The number of piperidine rings is 1. The first-order valence-corrected chi connectivity index (χ1v) is 13.8. The van der Waals surface area contributed by atoms with Crippen LogP contribution in [-0.2, 0) is 4.79 Å². The number of likely N-dealkylation sites (tertiary alicyclic amines) is 2. The van der Waals surface area contributed by atoms with Gasteiger partial charge in [-0.25, -0.2) is 8.78 Å². The average molecular weight is 566 g/mol. The highest BCUT2D eigenvalue weighted by atomic mass is 35.5. The minimum atomic E-state index is -3.19. The molecule has 2 amide bonds. The van der Waals surface area contributed by atoms with E-state index in [-0.39, 0.29) is 5.92 Å². The van der Waals surface area contributed by atoms with Crippen LogP contribution in [0.2, 0.25) is 0 Å². The molecule has 0 radical (unpaired) electrons. The molecule has 1 aromatic heterocycles. The van der Waals surface area contributed by atoms with E-state index in [1.807, 2.05) is 48.6 Å². The molecule has 3 aliphatic rings. The molecule has 1 aromatic carbocycles. The quantitative estimate of drug-likeness (QED) is 0.517. The Morgan fingerprint density at radius 1 is 1.23 bits per heavy atom. The SMILES string of the molecule is N#CC1(N2CCCCC2)CC(F)(F)CN1C(=O)CNC(=O)c1ccnc2ccc(/C=C/C3C=CC(Cl)=CC3)cc12. The van der Waals surface area contributed by atoms with Crippen molar-refractivity contribution >= 4 is 40.4 Å². The number of rotatable bonds is 6. The summed E-state index contributed by atoms with van der Waals surface area (Å²) in [5.74, 6) is -4.21. The van der Waals surface area contributed by atoms with E-state index < -0.39 is 42.9 Å². The number of amides is 2. The minimum absolute atomic E-state index is 0.212. The van der Waals surface area contributed by atoms with Gasteiger partial charge in [0.15, 0.2) is 5.66 Å². The number of alkyl halides is 2. The van der Waals surface area contributed by atoms with Crippen LogP contribution in [0.25, 0.3) is 17.0 Å². The molecule has 1 N–H and O–H groups in total. The Labute approximate surface area is 236 Å². The van der Waals surface area contributed by atoms with Crippen molar-refractivity contribution in [3.05, 3.63) is 70.9 Å². The van der Waals surface area contributed by atoms with Gasteiger partial charge in [0.2, 0.25) is 5.91 Å². The Morgan fingerprint density at radius 2 is 2.02 bits per heavy atom. The number of halogens is 3. The summed E-state index contributed by atoms with van der Waals surface area (Å²) in [5, 5.41) is 13.9. The van der Waals surface area contributed by atoms with Gasteiger partial charge in [0, 0.05) is 29.7 Å². The molecule has 2 aromatic rings. The Hall–Kier alpha value is -3.61. The van der Waals surface area contributed by atoms with Crippen LogP contribution in [0.3, 0.4) is 0 Å². The average Bonchev–Trinajstić information content (AvgIpc) is 3.27. The van der Waals surface area contributed by atoms with Crippen LogP contribution in [0, 0.1) is 17.2 Å². The van der Waals surface area contributed by atoms with Crippen LogP contribution < -0.4 is 5.32 Å². The van der Waals surface area contributed by atoms with E-state index >= 15 is 0 Å². The van der Waals surface area contributed by atoms with Crippen LogP contribution in [0.5, 0.6) is 0 Å². The molecule has 2 unspecified atom stereocenters. The van der Waals surface area contributed by atoms with Crippen LogP contribution in [-0.4, -0.2) is 64.4 Å². The molecule has 0 saturated carbocycles. The summed E-state index contributed by atoms with van der Waals surface area (Å²) in [5.41, 5.74) is 0.0792. The van der Waals surface area contributed by atoms with Gasteiger partial charge in [-0.1, -0.05) is 48.4 Å². The summed E-state index contributed by atoms with van der Waals surface area (Å²) in [6.45, 7) is -0.403.